The number of carboxylic acid groups (broad SMARTS) is 1. The Balaban J connectivity index is 1.42. The SMILES string of the molecule is CC[C@H](C)[C@H](NC(=O)[C@@H](N)C(C)C)C(=O)N[C@@H](CCC(N)=O)C(=O)N1CCC[C@H]1C(=O)N[C@@H](CO)C(=O)N1CCC[C@H]1C(=O)N[C@H](C(=O)N[C@H](C(=O)N[C@H](C(=O)N[C@H](C(=O)N[C@@H](CC(C)C)C(=O)N1CCC[C@H]1C(=O)NCC(=O)N1CCC[C@H]1C(=O)N[C@H](C(=O)N[C@@H](CC(C)C)C(=O)N[C@@H](CO)C(=O)O)[C@@H](C)CC)[C@@H](C)O)C(C)C)C(C)C)C(C)C. The largest absolute Gasteiger partial charge is 0.480 e. The normalized spacial score (nSPS) is 20.4. The number of carbonyl (C=O) groups excluding carboxylic acids is 17. The number of aliphatic hydroxyl groups is 3. The number of hydrogen-bond acceptors (Lipinski definition) is 22. The number of aliphatic hydroxyl groups excluding tert-OH is 3. The van der Waals surface area contributed by atoms with E-state index in [9.17, 15) is 107 Å². The van der Waals surface area contributed by atoms with E-state index in [1.807, 2.05) is 0 Å². The highest BCUT2D eigenvalue weighted by molar-refractivity contribution is 6.02. The van der Waals surface area contributed by atoms with E-state index < -0.39 is 259 Å². The molecule has 4 heterocycles. The first-order chi connectivity index (χ1) is 56.7. The zero-order chi connectivity index (χ0) is 91.5. The van der Waals surface area contributed by atoms with Crippen molar-refractivity contribution in [1.82, 2.24) is 83.4 Å². The lowest BCUT2D eigenvalue weighted by atomic mass is 9.96. The lowest BCUT2D eigenvalue weighted by molar-refractivity contribution is -0.145. The molecule has 0 aromatic carbocycles. The van der Waals surface area contributed by atoms with Gasteiger partial charge in [0.15, 0.2) is 0 Å². The number of aliphatic carboxylic acids is 1. The van der Waals surface area contributed by atoms with Gasteiger partial charge in [-0.05, 0) is 125 Å². The Morgan fingerprint density at radius 1 is 0.372 bits per heavy atom. The van der Waals surface area contributed by atoms with Gasteiger partial charge in [-0.3, -0.25) is 81.5 Å². The van der Waals surface area contributed by atoms with Gasteiger partial charge in [0.2, 0.25) is 100 Å². The van der Waals surface area contributed by atoms with Crippen LogP contribution in [0.4, 0.5) is 0 Å². The van der Waals surface area contributed by atoms with Gasteiger partial charge in [-0.25, -0.2) is 4.79 Å². The van der Waals surface area contributed by atoms with Gasteiger partial charge in [0.25, 0.3) is 0 Å². The van der Waals surface area contributed by atoms with Crippen molar-refractivity contribution >= 4 is 106 Å². The number of hydrogen-bond donors (Lipinski definition) is 18. The van der Waals surface area contributed by atoms with Crippen molar-refractivity contribution in [2.24, 2.45) is 58.8 Å². The number of amides is 17. The van der Waals surface area contributed by atoms with Crippen LogP contribution in [0, 0.1) is 47.3 Å². The number of nitrogens with one attached hydrogen (secondary N) is 12. The van der Waals surface area contributed by atoms with E-state index in [2.05, 4.69) is 63.8 Å². The predicted octanol–water partition coefficient (Wildman–Crippen LogP) is -3.75. The standard InChI is InChI=1S/C81H138N18O22/c1-18-45(15)63(76(115)86-49(34-39(3)4)66(105)89-52(38-101)81(120)121)93-69(108)54-25-20-30-96(54)58(104)36-84-67(106)53-24-21-31-97(53)79(118)50(35-40(5)6)87-77(116)65(47(17)102)95-74(113)62(44(13)14)92-73(112)61(43(11)12)91-72(111)60(42(9)10)90-70(109)56-27-23-33-99(56)80(119)51(37-100)88-68(107)55-26-22-32-98(55)78(117)48(28-29-57(82)103)85-75(114)64(46(16)19-2)94-71(110)59(83)41(7)8/h39-56,59-65,100-102H,18-38,83H2,1-17H3,(H2,82,103)(H,84,106)(H,85,114)(H,86,115)(H,87,116)(H,88,107)(H,89,105)(H,90,109)(H,91,111)(H,92,112)(H,93,108)(H,94,110)(H,95,113)(H,120,121)/t45-,46-,47+,48-,49-,50-,51-,52-,53-,54-,55-,56-,59-,60-,61-,62-,63-,64-,65-/m0/s1. The van der Waals surface area contributed by atoms with Crippen molar-refractivity contribution < 1.29 is 107 Å². The van der Waals surface area contributed by atoms with Crippen LogP contribution < -0.4 is 75.3 Å². The molecule has 0 bridgehead atoms. The van der Waals surface area contributed by atoms with Crippen LogP contribution in [0.2, 0.25) is 0 Å². The van der Waals surface area contributed by atoms with E-state index in [1.165, 1.54) is 21.6 Å². The van der Waals surface area contributed by atoms with Gasteiger partial charge in [-0.15, -0.1) is 0 Å². The van der Waals surface area contributed by atoms with Crippen molar-refractivity contribution in [2.45, 2.75) is 310 Å². The molecule has 19 atom stereocenters. The fourth-order valence-corrected chi connectivity index (χ4v) is 15.1. The molecule has 4 fully saturated rings. The smallest absolute Gasteiger partial charge is 0.328 e. The Morgan fingerprint density at radius 3 is 1.11 bits per heavy atom. The minimum absolute atomic E-state index is 0.0120. The third-order valence-electron chi connectivity index (χ3n) is 22.8. The average Bonchev–Trinajstić information content (AvgIpc) is 1.76. The molecule has 121 heavy (non-hydrogen) atoms. The summed E-state index contributed by atoms with van der Waals surface area (Å²) in [6.45, 7) is 26.1. The molecular formula is C81H138N18O22. The Kier molecular flexibility index (Phi) is 41.8. The van der Waals surface area contributed by atoms with Crippen molar-refractivity contribution in [3.05, 3.63) is 0 Å². The molecule has 0 saturated carbocycles. The number of primary amides is 1. The lowest BCUT2D eigenvalue weighted by Crippen LogP contribution is -2.63. The second-order valence-corrected chi connectivity index (χ2v) is 34.7. The molecule has 4 aliphatic heterocycles. The molecule has 4 saturated heterocycles. The molecule has 40 nitrogen and oxygen atoms in total. The highest BCUT2D eigenvalue weighted by atomic mass is 16.4. The van der Waals surface area contributed by atoms with Crippen molar-refractivity contribution in [2.75, 3.05) is 45.9 Å². The number of carbonyl (C=O) groups is 18. The summed E-state index contributed by atoms with van der Waals surface area (Å²) < 4.78 is 0. The minimum Gasteiger partial charge on any atom is -0.480 e. The molecule has 20 N–H and O–H groups in total. The summed E-state index contributed by atoms with van der Waals surface area (Å²) in [6, 6.07) is -21.1. The summed E-state index contributed by atoms with van der Waals surface area (Å²) in [6.07, 6.45) is 0.560. The average molecular weight is 1720 g/mol. The van der Waals surface area contributed by atoms with Crippen molar-refractivity contribution in [3.8, 4) is 0 Å². The van der Waals surface area contributed by atoms with Crippen LogP contribution in [-0.2, 0) is 86.3 Å². The van der Waals surface area contributed by atoms with Gasteiger partial charge in [0, 0.05) is 32.6 Å². The monoisotopic (exact) mass is 1720 g/mol. The van der Waals surface area contributed by atoms with E-state index in [4.69, 9.17) is 11.5 Å². The molecule has 0 unspecified atom stereocenters. The summed E-state index contributed by atoms with van der Waals surface area (Å²) in [5.41, 5.74) is 11.6. The van der Waals surface area contributed by atoms with E-state index in [0.29, 0.717) is 32.1 Å². The number of rotatable bonds is 47. The Morgan fingerprint density at radius 2 is 0.702 bits per heavy atom. The van der Waals surface area contributed by atoms with E-state index in [0.717, 1.165) is 4.90 Å². The van der Waals surface area contributed by atoms with Gasteiger partial charge in [-0.1, -0.05) is 124 Å². The van der Waals surface area contributed by atoms with Crippen LogP contribution in [0.25, 0.3) is 0 Å². The molecule has 0 aliphatic carbocycles. The second-order valence-electron chi connectivity index (χ2n) is 34.7. The molecular weight excluding hydrogens is 1580 g/mol. The predicted molar refractivity (Wildman–Crippen MR) is 440 cm³/mol. The fraction of sp³-hybridized carbons (Fsp3) is 0.778. The first-order valence-corrected chi connectivity index (χ1v) is 42.7. The van der Waals surface area contributed by atoms with Gasteiger partial charge in [0.1, 0.15) is 90.6 Å². The maximum atomic E-state index is 14.6. The van der Waals surface area contributed by atoms with Gasteiger partial charge in [-0.2, -0.15) is 0 Å². The van der Waals surface area contributed by atoms with Gasteiger partial charge in [0.05, 0.1) is 31.9 Å². The summed E-state index contributed by atoms with van der Waals surface area (Å²) in [5.74, 6) is -18.5. The summed E-state index contributed by atoms with van der Waals surface area (Å²) in [4.78, 5) is 254. The summed E-state index contributed by atoms with van der Waals surface area (Å²) in [7, 11) is 0. The van der Waals surface area contributed by atoms with Crippen LogP contribution >= 0.6 is 0 Å². The number of carboxylic acids is 1. The summed E-state index contributed by atoms with van der Waals surface area (Å²) in [5, 5.41) is 72.0. The van der Waals surface area contributed by atoms with Crippen molar-refractivity contribution in [1.29, 1.82) is 0 Å². The number of likely N-dealkylation sites (tertiary alicyclic amines) is 4. The zero-order valence-corrected chi connectivity index (χ0v) is 73.4. The third-order valence-corrected chi connectivity index (χ3v) is 22.8. The molecule has 40 heteroatoms. The van der Waals surface area contributed by atoms with Gasteiger partial charge < -0.3 is 115 Å². The maximum absolute atomic E-state index is 14.6. The molecule has 17 amide bonds. The highest BCUT2D eigenvalue weighted by Crippen LogP contribution is 2.27. The highest BCUT2D eigenvalue weighted by Gasteiger charge is 2.47. The molecule has 4 rings (SSSR count). The van der Waals surface area contributed by atoms with Crippen LogP contribution in [0.3, 0.4) is 0 Å². The van der Waals surface area contributed by atoms with Crippen LogP contribution in [0.15, 0.2) is 0 Å². The second kappa shape index (κ2) is 48.8. The molecule has 4 aliphatic rings. The molecule has 0 radical (unpaired) electrons. The first kappa shape index (κ1) is 104. The lowest BCUT2D eigenvalue weighted by Gasteiger charge is -2.33. The van der Waals surface area contributed by atoms with Crippen LogP contribution in [0.5, 0.6) is 0 Å². The first-order valence-electron chi connectivity index (χ1n) is 42.7. The van der Waals surface area contributed by atoms with Gasteiger partial charge >= 0.3 is 5.97 Å². The Hall–Kier alpha value is -9.70. The van der Waals surface area contributed by atoms with Crippen molar-refractivity contribution in [3.63, 3.8) is 0 Å². The van der Waals surface area contributed by atoms with Crippen LogP contribution in [-0.4, -0.2) is 295 Å². The molecule has 0 aromatic rings. The van der Waals surface area contributed by atoms with E-state index in [-0.39, 0.29) is 102 Å². The quantitative estimate of drug-likeness (QED) is 0.0278. The topological polar surface area (TPSA) is 598 Å². The zero-order valence-electron chi connectivity index (χ0n) is 73.4. The molecule has 0 spiro atoms. The van der Waals surface area contributed by atoms with Crippen LogP contribution in [0.1, 0.15) is 208 Å². The number of nitrogens with two attached hydrogens (primary N) is 2. The summed E-state index contributed by atoms with van der Waals surface area (Å²) >= 11 is 0. The maximum Gasteiger partial charge on any atom is 0.328 e. The Bertz CT molecular complexity index is 3640. The van der Waals surface area contributed by atoms with E-state index >= 15 is 0 Å². The molecule has 684 valence electrons. The van der Waals surface area contributed by atoms with E-state index in [1.54, 1.807) is 111 Å². The Labute approximate surface area is 708 Å². The minimum atomic E-state index is -1.74. The fourth-order valence-electron chi connectivity index (χ4n) is 15.1. The third kappa shape index (κ3) is 29.8. The molecule has 0 aromatic heterocycles. The number of nitrogens with zero attached hydrogens (tertiary/aromatic N) is 4.